The van der Waals surface area contributed by atoms with Gasteiger partial charge >= 0.3 is 0 Å². The SMILES string of the molecule is CC(F)[SiH]1CCCCO1. The van der Waals surface area contributed by atoms with Gasteiger partial charge in [-0.3, -0.25) is 0 Å². The lowest BCUT2D eigenvalue weighted by atomic mass is 10.4. The molecule has 0 aliphatic carbocycles. The topological polar surface area (TPSA) is 9.23 Å². The van der Waals surface area contributed by atoms with Gasteiger partial charge in [-0.1, -0.05) is 6.42 Å². The molecule has 2 atom stereocenters. The largest absolute Gasteiger partial charge is 0.417 e. The van der Waals surface area contributed by atoms with Crippen LogP contribution in [-0.2, 0) is 4.43 Å². The molecule has 0 aromatic carbocycles. The molecule has 1 heterocycles. The van der Waals surface area contributed by atoms with Gasteiger partial charge in [0.1, 0.15) is 5.79 Å². The van der Waals surface area contributed by atoms with Crippen LogP contribution in [0, 0.1) is 0 Å². The monoisotopic (exact) mass is 148 g/mol. The van der Waals surface area contributed by atoms with E-state index in [-0.39, 0.29) is 0 Å². The maximum Gasteiger partial charge on any atom is 0.211 e. The third-order valence-corrected chi connectivity index (χ3v) is 4.39. The molecule has 1 fully saturated rings. The minimum absolute atomic E-state index is 0.648. The van der Waals surface area contributed by atoms with Crippen molar-refractivity contribution in [2.45, 2.75) is 31.6 Å². The van der Waals surface area contributed by atoms with Gasteiger partial charge in [-0.25, -0.2) is 4.39 Å². The average molecular weight is 148 g/mol. The van der Waals surface area contributed by atoms with E-state index >= 15 is 0 Å². The maximum atomic E-state index is 12.5. The Morgan fingerprint density at radius 3 is 2.67 bits per heavy atom. The molecular formula is C6H13FOSi. The van der Waals surface area contributed by atoms with Gasteiger partial charge in [0.15, 0.2) is 0 Å². The highest BCUT2D eigenvalue weighted by Crippen LogP contribution is 2.14. The Bertz CT molecular complexity index is 81.1. The Morgan fingerprint density at radius 1 is 1.56 bits per heavy atom. The van der Waals surface area contributed by atoms with Crippen LogP contribution in [0.4, 0.5) is 4.39 Å². The highest BCUT2D eigenvalue weighted by Gasteiger charge is 2.22. The molecule has 1 saturated heterocycles. The Kier molecular flexibility index (Phi) is 2.66. The smallest absolute Gasteiger partial charge is 0.211 e. The minimum atomic E-state index is -1.37. The van der Waals surface area contributed by atoms with Crippen molar-refractivity contribution in [1.29, 1.82) is 0 Å². The third-order valence-electron chi connectivity index (χ3n) is 1.73. The summed E-state index contributed by atoms with van der Waals surface area (Å²) in [7, 11) is -1.37. The van der Waals surface area contributed by atoms with Crippen molar-refractivity contribution >= 4 is 9.04 Å². The lowest BCUT2D eigenvalue weighted by molar-refractivity contribution is 0.259. The van der Waals surface area contributed by atoms with Crippen LogP contribution in [0.1, 0.15) is 19.8 Å². The van der Waals surface area contributed by atoms with Crippen LogP contribution in [0.5, 0.6) is 0 Å². The summed E-state index contributed by atoms with van der Waals surface area (Å²) in [5.41, 5.74) is 0. The molecule has 0 aromatic rings. The van der Waals surface area contributed by atoms with Crippen LogP contribution in [0.3, 0.4) is 0 Å². The molecule has 0 bridgehead atoms. The van der Waals surface area contributed by atoms with Crippen molar-refractivity contribution in [3.63, 3.8) is 0 Å². The van der Waals surface area contributed by atoms with Gasteiger partial charge in [0, 0.05) is 6.61 Å². The van der Waals surface area contributed by atoms with Gasteiger partial charge in [-0.05, 0) is 19.4 Å². The van der Waals surface area contributed by atoms with E-state index in [2.05, 4.69) is 0 Å². The molecule has 1 rings (SSSR count). The van der Waals surface area contributed by atoms with Crippen molar-refractivity contribution in [2.24, 2.45) is 0 Å². The highest BCUT2D eigenvalue weighted by atomic mass is 28.3. The van der Waals surface area contributed by atoms with E-state index in [4.69, 9.17) is 4.43 Å². The Morgan fingerprint density at radius 2 is 2.33 bits per heavy atom. The zero-order chi connectivity index (χ0) is 6.69. The van der Waals surface area contributed by atoms with Crippen LogP contribution in [0.25, 0.3) is 0 Å². The molecule has 54 valence electrons. The number of halogens is 1. The molecule has 0 aromatic heterocycles. The van der Waals surface area contributed by atoms with Crippen LogP contribution >= 0.6 is 0 Å². The first-order chi connectivity index (χ1) is 4.30. The van der Waals surface area contributed by atoms with Crippen molar-refractivity contribution in [3.8, 4) is 0 Å². The van der Waals surface area contributed by atoms with E-state index in [1.807, 2.05) is 0 Å². The van der Waals surface area contributed by atoms with E-state index in [9.17, 15) is 4.39 Å². The summed E-state index contributed by atoms with van der Waals surface area (Å²) >= 11 is 0. The van der Waals surface area contributed by atoms with Crippen LogP contribution in [0.2, 0.25) is 6.04 Å². The van der Waals surface area contributed by atoms with E-state index in [1.54, 1.807) is 6.92 Å². The average Bonchev–Trinajstić information content (AvgIpc) is 1.90. The van der Waals surface area contributed by atoms with Gasteiger partial charge in [0.25, 0.3) is 0 Å². The maximum absolute atomic E-state index is 12.5. The molecule has 0 amide bonds. The second kappa shape index (κ2) is 3.32. The summed E-state index contributed by atoms with van der Waals surface area (Å²) in [6, 6.07) is 1.04. The number of alkyl halides is 1. The van der Waals surface area contributed by atoms with Crippen molar-refractivity contribution in [2.75, 3.05) is 6.61 Å². The molecule has 1 nitrogen and oxygen atoms in total. The van der Waals surface area contributed by atoms with Gasteiger partial charge in [-0.2, -0.15) is 0 Å². The molecule has 0 N–H and O–H groups in total. The number of hydrogen-bond acceptors (Lipinski definition) is 1. The van der Waals surface area contributed by atoms with Gasteiger partial charge in [0.2, 0.25) is 9.04 Å². The third kappa shape index (κ3) is 2.06. The Labute approximate surface area is 56.9 Å². The van der Waals surface area contributed by atoms with Crippen molar-refractivity contribution < 1.29 is 8.82 Å². The molecular weight excluding hydrogens is 135 g/mol. The molecule has 0 spiro atoms. The highest BCUT2D eigenvalue weighted by molar-refractivity contribution is 6.53. The van der Waals surface area contributed by atoms with E-state index in [1.165, 1.54) is 6.42 Å². The lowest BCUT2D eigenvalue weighted by Gasteiger charge is -2.21. The van der Waals surface area contributed by atoms with Crippen molar-refractivity contribution in [3.05, 3.63) is 0 Å². The molecule has 1 aliphatic rings. The van der Waals surface area contributed by atoms with E-state index in [0.29, 0.717) is 0 Å². The molecule has 0 radical (unpaired) electrons. The zero-order valence-corrected chi connectivity index (χ0v) is 6.92. The zero-order valence-electron chi connectivity index (χ0n) is 5.77. The van der Waals surface area contributed by atoms with Crippen LogP contribution < -0.4 is 0 Å². The normalized spacial score (nSPS) is 32.0. The summed E-state index contributed by atoms with van der Waals surface area (Å²) < 4.78 is 17.8. The van der Waals surface area contributed by atoms with Gasteiger partial charge in [-0.15, -0.1) is 0 Å². The second-order valence-electron chi connectivity index (χ2n) is 2.58. The molecule has 1 aliphatic heterocycles. The fourth-order valence-electron chi connectivity index (χ4n) is 1.13. The Hall–Kier alpha value is 0.107. The summed E-state index contributed by atoms with van der Waals surface area (Å²) in [5.74, 6) is -0.648. The standard InChI is InChI=1S/C6H13FOSi/c1-6(7)9-5-3-2-4-8-9/h6,9H,2-5H2,1H3. The fraction of sp³-hybridized carbons (Fsp3) is 1.00. The summed E-state index contributed by atoms with van der Waals surface area (Å²) in [4.78, 5) is 0. The summed E-state index contributed by atoms with van der Waals surface area (Å²) in [6.45, 7) is 2.44. The van der Waals surface area contributed by atoms with E-state index < -0.39 is 14.8 Å². The molecule has 3 heteroatoms. The first kappa shape index (κ1) is 7.22. The van der Waals surface area contributed by atoms with Crippen LogP contribution in [0.15, 0.2) is 0 Å². The summed E-state index contributed by atoms with van der Waals surface area (Å²) in [6.07, 6.45) is 2.32. The molecule has 9 heavy (non-hydrogen) atoms. The quantitative estimate of drug-likeness (QED) is 0.511. The van der Waals surface area contributed by atoms with E-state index in [0.717, 1.165) is 19.1 Å². The van der Waals surface area contributed by atoms with Crippen molar-refractivity contribution in [1.82, 2.24) is 0 Å². The number of hydrogen-bond donors (Lipinski definition) is 0. The minimum Gasteiger partial charge on any atom is -0.417 e. The van der Waals surface area contributed by atoms with Gasteiger partial charge in [0.05, 0.1) is 0 Å². The first-order valence-corrected chi connectivity index (χ1v) is 5.52. The van der Waals surface area contributed by atoms with Gasteiger partial charge < -0.3 is 4.43 Å². The first-order valence-electron chi connectivity index (χ1n) is 3.56. The fourth-order valence-corrected chi connectivity index (χ4v) is 3.18. The molecule has 2 unspecified atom stereocenters. The predicted octanol–water partition coefficient (Wildman–Crippen LogP) is 1.42. The summed E-state index contributed by atoms with van der Waals surface area (Å²) in [5, 5.41) is 0. The number of rotatable bonds is 1. The Balaban J connectivity index is 2.23. The van der Waals surface area contributed by atoms with Crippen LogP contribution in [-0.4, -0.2) is 21.4 Å². The predicted molar refractivity (Wildman–Crippen MR) is 37.7 cm³/mol. The second-order valence-corrected chi connectivity index (χ2v) is 5.49. The molecule has 0 saturated carbocycles. The lowest BCUT2D eigenvalue weighted by Crippen LogP contribution is -2.31.